The van der Waals surface area contributed by atoms with E-state index in [1.54, 1.807) is 19.4 Å². The first-order valence-corrected chi connectivity index (χ1v) is 5.02. The molecule has 0 saturated heterocycles. The summed E-state index contributed by atoms with van der Waals surface area (Å²) in [6, 6.07) is 7.68. The fourth-order valence-electron chi connectivity index (χ4n) is 1.01. The molecule has 4 nitrogen and oxygen atoms in total. The van der Waals surface area contributed by atoms with Crippen LogP contribution in [0.15, 0.2) is 35.4 Å². The van der Waals surface area contributed by atoms with E-state index in [2.05, 4.69) is 22.7 Å². The van der Waals surface area contributed by atoms with Gasteiger partial charge in [0, 0.05) is 6.21 Å². The second-order valence-electron chi connectivity index (χ2n) is 2.89. The SMILES string of the molecule is COc1ccc(/C=C/C=N/NC(N)=S)cc1. The van der Waals surface area contributed by atoms with E-state index < -0.39 is 0 Å². The molecule has 0 atom stereocenters. The Morgan fingerprint density at radius 2 is 2.12 bits per heavy atom. The smallest absolute Gasteiger partial charge is 0.184 e. The second-order valence-corrected chi connectivity index (χ2v) is 3.33. The molecule has 84 valence electrons. The molecule has 0 amide bonds. The monoisotopic (exact) mass is 235 g/mol. The van der Waals surface area contributed by atoms with Crippen molar-refractivity contribution in [3.05, 3.63) is 35.9 Å². The van der Waals surface area contributed by atoms with Crippen LogP contribution in [0.3, 0.4) is 0 Å². The molecule has 3 N–H and O–H groups in total. The van der Waals surface area contributed by atoms with Crippen molar-refractivity contribution in [2.24, 2.45) is 10.8 Å². The van der Waals surface area contributed by atoms with Crippen LogP contribution in [0.4, 0.5) is 0 Å². The van der Waals surface area contributed by atoms with Crippen molar-refractivity contribution < 1.29 is 4.74 Å². The Balaban J connectivity index is 2.49. The van der Waals surface area contributed by atoms with Crippen LogP contribution in [-0.4, -0.2) is 18.4 Å². The molecule has 0 spiro atoms. The summed E-state index contributed by atoms with van der Waals surface area (Å²) >= 11 is 4.58. The summed E-state index contributed by atoms with van der Waals surface area (Å²) in [6.07, 6.45) is 5.26. The van der Waals surface area contributed by atoms with Crippen LogP contribution in [0.1, 0.15) is 5.56 Å². The van der Waals surface area contributed by atoms with Gasteiger partial charge in [-0.15, -0.1) is 0 Å². The van der Waals surface area contributed by atoms with Crippen LogP contribution in [0, 0.1) is 0 Å². The number of hydrazone groups is 1. The zero-order valence-corrected chi connectivity index (χ0v) is 9.70. The highest BCUT2D eigenvalue weighted by Crippen LogP contribution is 2.11. The summed E-state index contributed by atoms with van der Waals surface area (Å²) in [7, 11) is 1.64. The number of allylic oxidation sites excluding steroid dienone is 1. The summed E-state index contributed by atoms with van der Waals surface area (Å²) in [5, 5.41) is 3.91. The van der Waals surface area contributed by atoms with Gasteiger partial charge in [0.15, 0.2) is 5.11 Å². The summed E-state index contributed by atoms with van der Waals surface area (Å²) in [6.45, 7) is 0. The molecule has 0 aliphatic carbocycles. The molecule has 1 aromatic carbocycles. The third-order valence-corrected chi connectivity index (χ3v) is 1.83. The van der Waals surface area contributed by atoms with Gasteiger partial charge in [-0.3, -0.25) is 5.43 Å². The van der Waals surface area contributed by atoms with Gasteiger partial charge in [-0.25, -0.2) is 0 Å². The minimum atomic E-state index is 0.147. The third-order valence-electron chi connectivity index (χ3n) is 1.74. The molecule has 0 aromatic heterocycles. The molecule has 0 aliphatic heterocycles. The number of ether oxygens (including phenoxy) is 1. The van der Waals surface area contributed by atoms with Crippen molar-refractivity contribution >= 4 is 29.6 Å². The molecule has 1 aromatic rings. The summed E-state index contributed by atoms with van der Waals surface area (Å²) < 4.78 is 5.05. The molecule has 0 radical (unpaired) electrons. The van der Waals surface area contributed by atoms with Gasteiger partial charge in [0.2, 0.25) is 0 Å². The zero-order chi connectivity index (χ0) is 11.8. The molecule has 0 unspecified atom stereocenters. The van der Waals surface area contributed by atoms with Gasteiger partial charge in [0.1, 0.15) is 5.75 Å². The van der Waals surface area contributed by atoms with Crippen molar-refractivity contribution in [3.8, 4) is 5.75 Å². The highest BCUT2D eigenvalue weighted by molar-refractivity contribution is 7.80. The van der Waals surface area contributed by atoms with E-state index in [-0.39, 0.29) is 5.11 Å². The van der Waals surface area contributed by atoms with Gasteiger partial charge in [-0.05, 0) is 36.0 Å². The van der Waals surface area contributed by atoms with Crippen LogP contribution in [0.5, 0.6) is 5.75 Å². The van der Waals surface area contributed by atoms with Crippen LogP contribution < -0.4 is 15.9 Å². The van der Waals surface area contributed by atoms with Crippen LogP contribution in [0.25, 0.3) is 6.08 Å². The fourth-order valence-corrected chi connectivity index (χ4v) is 1.07. The number of nitrogens with two attached hydrogens (primary N) is 1. The number of hydrogen-bond donors (Lipinski definition) is 2. The number of benzene rings is 1. The Morgan fingerprint density at radius 3 is 2.69 bits per heavy atom. The van der Waals surface area contributed by atoms with Gasteiger partial charge in [0.05, 0.1) is 7.11 Å². The third kappa shape index (κ3) is 4.56. The zero-order valence-electron chi connectivity index (χ0n) is 8.88. The minimum Gasteiger partial charge on any atom is -0.497 e. The first kappa shape index (κ1) is 12.2. The second kappa shape index (κ2) is 6.58. The van der Waals surface area contributed by atoms with E-state index in [1.165, 1.54) is 0 Å². The van der Waals surface area contributed by atoms with Crippen molar-refractivity contribution in [2.45, 2.75) is 0 Å². The lowest BCUT2D eigenvalue weighted by molar-refractivity contribution is 0.415. The lowest BCUT2D eigenvalue weighted by atomic mass is 10.2. The summed E-state index contributed by atoms with van der Waals surface area (Å²) in [4.78, 5) is 0. The number of rotatable bonds is 4. The highest BCUT2D eigenvalue weighted by Gasteiger charge is 1.88. The van der Waals surface area contributed by atoms with Crippen molar-refractivity contribution in [3.63, 3.8) is 0 Å². The molecule has 1 rings (SSSR count). The van der Waals surface area contributed by atoms with Gasteiger partial charge in [-0.1, -0.05) is 18.2 Å². The van der Waals surface area contributed by atoms with Gasteiger partial charge in [0.25, 0.3) is 0 Å². The molecule has 0 saturated carbocycles. The maximum absolute atomic E-state index is 5.19. The maximum Gasteiger partial charge on any atom is 0.184 e. The standard InChI is InChI=1S/C11H13N3OS/c1-15-10-6-4-9(5-7-10)3-2-8-13-14-11(12)16/h2-8H,1H3,(H3,12,14,16)/b3-2+,13-8+. The summed E-state index contributed by atoms with van der Waals surface area (Å²) in [5.74, 6) is 0.834. The molecular weight excluding hydrogens is 222 g/mol. The Morgan fingerprint density at radius 1 is 1.44 bits per heavy atom. The van der Waals surface area contributed by atoms with Crippen molar-refractivity contribution in [1.29, 1.82) is 0 Å². The molecular formula is C11H13N3OS. The predicted molar refractivity (Wildman–Crippen MR) is 70.4 cm³/mol. The first-order valence-electron chi connectivity index (χ1n) is 4.61. The molecule has 0 bridgehead atoms. The first-order chi connectivity index (χ1) is 7.72. The number of nitrogens with zero attached hydrogens (tertiary/aromatic N) is 1. The Hall–Kier alpha value is -1.88. The molecule has 5 heteroatoms. The van der Waals surface area contributed by atoms with Crippen LogP contribution in [0.2, 0.25) is 0 Å². The van der Waals surface area contributed by atoms with Crippen LogP contribution >= 0.6 is 12.2 Å². The quantitative estimate of drug-likeness (QED) is 0.472. The normalized spacial score (nSPS) is 10.8. The van der Waals surface area contributed by atoms with E-state index in [0.717, 1.165) is 11.3 Å². The average Bonchev–Trinajstić information content (AvgIpc) is 2.29. The maximum atomic E-state index is 5.19. The number of hydrogen-bond acceptors (Lipinski definition) is 3. The molecule has 16 heavy (non-hydrogen) atoms. The number of nitrogens with one attached hydrogen (secondary N) is 1. The predicted octanol–water partition coefficient (Wildman–Crippen LogP) is 1.53. The Bertz CT molecular complexity index is 398. The van der Waals surface area contributed by atoms with Crippen molar-refractivity contribution in [2.75, 3.05) is 7.11 Å². The lowest BCUT2D eigenvalue weighted by Crippen LogP contribution is -2.23. The topological polar surface area (TPSA) is 59.6 Å². The number of methoxy groups -OCH3 is 1. The fraction of sp³-hybridized carbons (Fsp3) is 0.0909. The van der Waals surface area contributed by atoms with Gasteiger partial charge >= 0.3 is 0 Å². The average molecular weight is 235 g/mol. The van der Waals surface area contributed by atoms with Crippen LogP contribution in [-0.2, 0) is 0 Å². The van der Waals surface area contributed by atoms with E-state index in [4.69, 9.17) is 10.5 Å². The Kier molecular flexibility index (Phi) is 5.01. The highest BCUT2D eigenvalue weighted by atomic mass is 32.1. The number of thiocarbonyl (C=S) groups is 1. The minimum absolute atomic E-state index is 0.147. The molecule has 0 heterocycles. The summed E-state index contributed by atoms with van der Waals surface area (Å²) in [5.41, 5.74) is 8.70. The van der Waals surface area contributed by atoms with E-state index >= 15 is 0 Å². The molecule has 0 fully saturated rings. The van der Waals surface area contributed by atoms with E-state index in [9.17, 15) is 0 Å². The van der Waals surface area contributed by atoms with Crippen molar-refractivity contribution in [1.82, 2.24) is 5.43 Å². The Labute approximate surface area is 99.8 Å². The van der Waals surface area contributed by atoms with Gasteiger partial charge < -0.3 is 10.5 Å². The van der Waals surface area contributed by atoms with E-state index in [1.807, 2.05) is 30.3 Å². The van der Waals surface area contributed by atoms with Gasteiger partial charge in [-0.2, -0.15) is 5.10 Å². The molecule has 0 aliphatic rings. The van der Waals surface area contributed by atoms with E-state index in [0.29, 0.717) is 0 Å². The lowest BCUT2D eigenvalue weighted by Gasteiger charge is -1.98. The largest absolute Gasteiger partial charge is 0.497 e.